The first-order valence-corrected chi connectivity index (χ1v) is 6.83. The number of aromatic nitrogens is 4. The van der Waals surface area contributed by atoms with E-state index in [1.807, 2.05) is 17.8 Å². The second-order valence-electron chi connectivity index (χ2n) is 5.21. The van der Waals surface area contributed by atoms with E-state index in [1.165, 1.54) is 24.2 Å². The van der Waals surface area contributed by atoms with Gasteiger partial charge in [0.05, 0.1) is 11.2 Å². The van der Waals surface area contributed by atoms with E-state index in [9.17, 15) is 0 Å². The molecule has 2 aromatic heterocycles. The van der Waals surface area contributed by atoms with Crippen LogP contribution in [0.15, 0.2) is 24.3 Å². The number of hydrogen-bond acceptors (Lipinski definition) is 2. The van der Waals surface area contributed by atoms with Gasteiger partial charge in [0, 0.05) is 18.1 Å². The van der Waals surface area contributed by atoms with Crippen LogP contribution in [0, 0.1) is 0 Å². The summed E-state index contributed by atoms with van der Waals surface area (Å²) in [5.41, 5.74) is 4.64. The Labute approximate surface area is 111 Å². The van der Waals surface area contributed by atoms with Gasteiger partial charge in [-0.05, 0) is 31.7 Å². The molecule has 4 rings (SSSR count). The molecule has 1 aliphatic rings. The lowest BCUT2D eigenvalue weighted by atomic mass is 10.0. The highest BCUT2D eigenvalue weighted by Gasteiger charge is 2.18. The third-order valence-corrected chi connectivity index (χ3v) is 3.94. The first-order chi connectivity index (χ1) is 9.33. The van der Waals surface area contributed by atoms with Crippen LogP contribution in [0.25, 0.3) is 22.4 Å². The first-order valence-electron chi connectivity index (χ1n) is 6.83. The Morgan fingerprint density at radius 3 is 2.89 bits per heavy atom. The van der Waals surface area contributed by atoms with E-state index in [4.69, 9.17) is 4.98 Å². The van der Waals surface area contributed by atoms with Crippen LogP contribution >= 0.6 is 0 Å². The molecule has 4 heteroatoms. The second kappa shape index (κ2) is 3.95. The van der Waals surface area contributed by atoms with Crippen molar-refractivity contribution >= 4 is 10.9 Å². The number of benzene rings is 1. The van der Waals surface area contributed by atoms with E-state index in [0.717, 1.165) is 35.3 Å². The minimum absolute atomic E-state index is 0.920. The highest BCUT2D eigenvalue weighted by atomic mass is 15.3. The first kappa shape index (κ1) is 10.8. The molecule has 0 radical (unpaired) electrons. The lowest BCUT2D eigenvalue weighted by Gasteiger charge is -2.07. The van der Waals surface area contributed by atoms with Gasteiger partial charge in [-0.3, -0.25) is 4.68 Å². The lowest BCUT2D eigenvalue weighted by Crippen LogP contribution is -2.00. The van der Waals surface area contributed by atoms with Crippen molar-refractivity contribution in [3.63, 3.8) is 0 Å². The smallest absolute Gasteiger partial charge is 0.159 e. The van der Waals surface area contributed by atoms with E-state index in [1.54, 1.807) is 0 Å². The van der Waals surface area contributed by atoms with E-state index >= 15 is 0 Å². The van der Waals surface area contributed by atoms with Crippen LogP contribution in [0.1, 0.15) is 24.2 Å². The Morgan fingerprint density at radius 1 is 1.16 bits per heavy atom. The Hall–Kier alpha value is -2.10. The quantitative estimate of drug-likeness (QED) is 0.724. The van der Waals surface area contributed by atoms with Crippen molar-refractivity contribution in [1.82, 2.24) is 19.7 Å². The molecule has 1 aliphatic carbocycles. The summed E-state index contributed by atoms with van der Waals surface area (Å²) in [6.07, 6.45) is 4.72. The van der Waals surface area contributed by atoms with Crippen LogP contribution in [-0.2, 0) is 19.9 Å². The molecule has 19 heavy (non-hydrogen) atoms. The number of nitrogens with one attached hydrogen (secondary N) is 1. The third kappa shape index (κ3) is 1.59. The number of aryl methyl sites for hydroxylation is 3. The number of hydrogen-bond donors (Lipinski definition) is 1. The lowest BCUT2D eigenvalue weighted by molar-refractivity contribution is 0.667. The van der Waals surface area contributed by atoms with Crippen molar-refractivity contribution in [2.24, 2.45) is 7.05 Å². The summed E-state index contributed by atoms with van der Waals surface area (Å²) >= 11 is 0. The van der Waals surface area contributed by atoms with Crippen LogP contribution < -0.4 is 0 Å². The van der Waals surface area contributed by atoms with Crippen molar-refractivity contribution in [1.29, 1.82) is 0 Å². The summed E-state index contributed by atoms with van der Waals surface area (Å²) in [6, 6.07) is 8.30. The van der Waals surface area contributed by atoms with E-state index in [-0.39, 0.29) is 0 Å². The SMILES string of the molecule is Cn1nc(-c2nc3c([nH]2)CCCC3)c2ccccc21. The van der Waals surface area contributed by atoms with Gasteiger partial charge in [0.25, 0.3) is 0 Å². The molecule has 1 aromatic carbocycles. The third-order valence-electron chi connectivity index (χ3n) is 3.94. The number of H-pyrrole nitrogens is 1. The molecule has 3 aromatic rings. The summed E-state index contributed by atoms with van der Waals surface area (Å²) < 4.78 is 1.92. The molecular weight excluding hydrogens is 236 g/mol. The van der Waals surface area contributed by atoms with E-state index < -0.39 is 0 Å². The highest BCUT2D eigenvalue weighted by Crippen LogP contribution is 2.28. The normalized spacial score (nSPS) is 14.8. The van der Waals surface area contributed by atoms with Crippen LogP contribution in [0.5, 0.6) is 0 Å². The molecular formula is C15H16N4. The number of aromatic amines is 1. The van der Waals surface area contributed by atoms with Gasteiger partial charge in [-0.2, -0.15) is 5.10 Å². The molecule has 0 saturated carbocycles. The standard InChI is InChI=1S/C15H16N4/c1-19-13-9-5-2-6-10(13)14(18-19)15-16-11-7-3-4-8-12(11)17-15/h2,5-6,9H,3-4,7-8H2,1H3,(H,16,17). The predicted octanol–water partition coefficient (Wildman–Crippen LogP) is 2.84. The van der Waals surface area contributed by atoms with Gasteiger partial charge in [-0.1, -0.05) is 18.2 Å². The Balaban J connectivity index is 1.92. The maximum absolute atomic E-state index is 4.75. The molecule has 0 atom stereocenters. The topological polar surface area (TPSA) is 46.5 Å². The zero-order chi connectivity index (χ0) is 12.8. The molecule has 0 amide bonds. The summed E-state index contributed by atoms with van der Waals surface area (Å²) in [7, 11) is 1.98. The zero-order valence-electron chi connectivity index (χ0n) is 11.0. The van der Waals surface area contributed by atoms with Gasteiger partial charge in [-0.25, -0.2) is 4.98 Å². The van der Waals surface area contributed by atoms with Gasteiger partial charge < -0.3 is 4.98 Å². The number of rotatable bonds is 1. The van der Waals surface area contributed by atoms with Gasteiger partial charge in [0.2, 0.25) is 0 Å². The molecule has 0 aliphatic heterocycles. The van der Waals surface area contributed by atoms with Crippen molar-refractivity contribution in [2.45, 2.75) is 25.7 Å². The minimum Gasteiger partial charge on any atom is -0.340 e. The predicted molar refractivity (Wildman–Crippen MR) is 74.9 cm³/mol. The molecule has 0 saturated heterocycles. The summed E-state index contributed by atoms with van der Waals surface area (Å²) in [5.74, 6) is 0.920. The van der Waals surface area contributed by atoms with E-state index in [2.05, 4.69) is 28.3 Å². The molecule has 0 unspecified atom stereocenters. The number of imidazole rings is 1. The van der Waals surface area contributed by atoms with Gasteiger partial charge >= 0.3 is 0 Å². The van der Waals surface area contributed by atoms with Crippen LogP contribution in [-0.4, -0.2) is 19.7 Å². The maximum Gasteiger partial charge on any atom is 0.159 e. The largest absolute Gasteiger partial charge is 0.340 e. The number of para-hydroxylation sites is 1. The summed E-state index contributed by atoms with van der Waals surface area (Å²) in [5, 5.41) is 5.79. The van der Waals surface area contributed by atoms with Crippen LogP contribution in [0.2, 0.25) is 0 Å². The van der Waals surface area contributed by atoms with Gasteiger partial charge in [0.1, 0.15) is 5.69 Å². The Morgan fingerprint density at radius 2 is 2.00 bits per heavy atom. The van der Waals surface area contributed by atoms with E-state index in [0.29, 0.717) is 0 Å². The van der Waals surface area contributed by atoms with Crippen molar-refractivity contribution in [2.75, 3.05) is 0 Å². The molecule has 96 valence electrons. The molecule has 4 nitrogen and oxygen atoms in total. The molecule has 0 spiro atoms. The maximum atomic E-state index is 4.75. The molecule has 0 bridgehead atoms. The summed E-state index contributed by atoms with van der Waals surface area (Å²) in [6.45, 7) is 0. The number of nitrogens with zero attached hydrogens (tertiary/aromatic N) is 3. The van der Waals surface area contributed by atoms with Crippen LogP contribution in [0.4, 0.5) is 0 Å². The average molecular weight is 252 g/mol. The summed E-state index contributed by atoms with van der Waals surface area (Å²) in [4.78, 5) is 8.22. The fourth-order valence-corrected chi connectivity index (χ4v) is 2.95. The molecule has 1 N–H and O–H groups in total. The highest BCUT2D eigenvalue weighted by molar-refractivity contribution is 5.91. The number of fused-ring (bicyclic) bond motifs is 2. The fraction of sp³-hybridized carbons (Fsp3) is 0.333. The zero-order valence-corrected chi connectivity index (χ0v) is 11.0. The molecule has 2 heterocycles. The fourth-order valence-electron chi connectivity index (χ4n) is 2.95. The second-order valence-corrected chi connectivity index (χ2v) is 5.21. The van der Waals surface area contributed by atoms with Gasteiger partial charge in [-0.15, -0.1) is 0 Å². The Bertz CT molecular complexity index is 727. The van der Waals surface area contributed by atoms with Crippen LogP contribution in [0.3, 0.4) is 0 Å². The molecule has 0 fully saturated rings. The van der Waals surface area contributed by atoms with Crippen molar-refractivity contribution in [3.8, 4) is 11.5 Å². The monoisotopic (exact) mass is 252 g/mol. The van der Waals surface area contributed by atoms with Crippen molar-refractivity contribution in [3.05, 3.63) is 35.7 Å². The Kier molecular flexibility index (Phi) is 2.24. The van der Waals surface area contributed by atoms with Gasteiger partial charge in [0.15, 0.2) is 5.82 Å². The van der Waals surface area contributed by atoms with Crippen molar-refractivity contribution < 1.29 is 0 Å². The average Bonchev–Trinajstić information content (AvgIpc) is 3.01. The minimum atomic E-state index is 0.920.